The molecule has 1 unspecified atom stereocenters. The Bertz CT molecular complexity index is 450. The van der Waals surface area contributed by atoms with Crippen molar-refractivity contribution < 1.29 is 4.74 Å². The van der Waals surface area contributed by atoms with E-state index in [0.717, 1.165) is 18.8 Å². The van der Waals surface area contributed by atoms with Crippen LogP contribution < -0.4 is 10.1 Å². The molecule has 3 nitrogen and oxygen atoms in total. The zero-order valence-electron chi connectivity index (χ0n) is 11.3. The van der Waals surface area contributed by atoms with Gasteiger partial charge in [0.2, 0.25) is 0 Å². The molecular formula is C15H20N2OS. The normalized spacial score (nSPS) is 22.1. The van der Waals surface area contributed by atoms with Gasteiger partial charge in [0.15, 0.2) is 6.61 Å². The van der Waals surface area contributed by atoms with Crippen molar-refractivity contribution >= 4 is 11.8 Å². The first-order valence-corrected chi connectivity index (χ1v) is 7.64. The minimum absolute atomic E-state index is 0.103. The predicted molar refractivity (Wildman–Crippen MR) is 79.4 cm³/mol. The number of nitriles is 1. The van der Waals surface area contributed by atoms with Crippen molar-refractivity contribution in [2.24, 2.45) is 0 Å². The van der Waals surface area contributed by atoms with Crippen LogP contribution in [-0.4, -0.2) is 23.7 Å². The summed E-state index contributed by atoms with van der Waals surface area (Å²) >= 11 is 2.07. The molecule has 0 radical (unpaired) electrons. The summed E-state index contributed by atoms with van der Waals surface area (Å²) in [6.45, 7) is 4.33. The molecule has 1 N–H and O–H groups in total. The van der Waals surface area contributed by atoms with Gasteiger partial charge >= 0.3 is 0 Å². The number of nitrogens with one attached hydrogen (secondary N) is 1. The fourth-order valence-electron chi connectivity index (χ4n) is 2.31. The van der Waals surface area contributed by atoms with Gasteiger partial charge < -0.3 is 10.1 Å². The first-order valence-electron chi connectivity index (χ1n) is 6.65. The zero-order chi connectivity index (χ0) is 13.6. The Labute approximate surface area is 119 Å². The monoisotopic (exact) mass is 276 g/mol. The third kappa shape index (κ3) is 4.45. The second-order valence-corrected chi connectivity index (χ2v) is 6.78. The number of thioether (sulfide) groups is 1. The highest BCUT2D eigenvalue weighted by atomic mass is 32.2. The highest BCUT2D eigenvalue weighted by Crippen LogP contribution is 2.36. The van der Waals surface area contributed by atoms with E-state index in [9.17, 15) is 0 Å². The Morgan fingerprint density at radius 2 is 2.42 bits per heavy atom. The number of nitrogens with zero attached hydrogens (tertiary/aromatic N) is 1. The van der Waals surface area contributed by atoms with Crippen LogP contribution in [0.15, 0.2) is 24.3 Å². The van der Waals surface area contributed by atoms with Gasteiger partial charge in [0.05, 0.1) is 0 Å². The molecule has 0 amide bonds. The summed E-state index contributed by atoms with van der Waals surface area (Å²) in [4.78, 5) is 0. The van der Waals surface area contributed by atoms with Crippen LogP contribution in [0.25, 0.3) is 0 Å². The number of benzene rings is 1. The van der Waals surface area contributed by atoms with Gasteiger partial charge in [-0.1, -0.05) is 12.1 Å². The van der Waals surface area contributed by atoms with E-state index < -0.39 is 0 Å². The molecule has 1 atom stereocenters. The van der Waals surface area contributed by atoms with Crippen LogP contribution in [0.3, 0.4) is 0 Å². The van der Waals surface area contributed by atoms with E-state index in [1.165, 1.54) is 24.2 Å². The summed E-state index contributed by atoms with van der Waals surface area (Å²) in [7, 11) is 0. The topological polar surface area (TPSA) is 45.0 Å². The lowest BCUT2D eigenvalue weighted by atomic mass is 10.1. The molecule has 1 fully saturated rings. The molecule has 1 aromatic carbocycles. The number of hydrogen-bond acceptors (Lipinski definition) is 4. The molecule has 0 aromatic heterocycles. The second-order valence-electron chi connectivity index (χ2n) is 5.10. The lowest BCUT2D eigenvalue weighted by Gasteiger charge is -2.23. The lowest BCUT2D eigenvalue weighted by Crippen LogP contribution is -2.32. The summed E-state index contributed by atoms with van der Waals surface area (Å²) < 4.78 is 5.70. The van der Waals surface area contributed by atoms with E-state index in [1.807, 2.05) is 24.3 Å². The fraction of sp³-hybridized carbons (Fsp3) is 0.533. The molecule has 1 aliphatic rings. The Balaban J connectivity index is 1.80. The molecule has 1 aliphatic heterocycles. The second kappa shape index (κ2) is 6.83. The molecule has 1 heterocycles. The van der Waals surface area contributed by atoms with Crippen LogP contribution in [0.4, 0.5) is 0 Å². The minimum atomic E-state index is 0.103. The molecule has 102 valence electrons. The summed E-state index contributed by atoms with van der Waals surface area (Å²) in [5.74, 6) is 2.05. The summed E-state index contributed by atoms with van der Waals surface area (Å²) in [5.41, 5.74) is 1.20. The van der Waals surface area contributed by atoms with E-state index in [4.69, 9.17) is 10.00 Å². The maximum atomic E-state index is 8.50. The average molecular weight is 276 g/mol. The average Bonchev–Trinajstić information content (AvgIpc) is 2.84. The SMILES string of the molecule is CC1(CNCc2cccc(OCC#N)c2)CCCS1. The molecule has 1 saturated heterocycles. The van der Waals surface area contributed by atoms with Crippen molar-refractivity contribution in [2.75, 3.05) is 18.9 Å². The molecule has 4 heteroatoms. The smallest absolute Gasteiger partial charge is 0.174 e. The highest BCUT2D eigenvalue weighted by molar-refractivity contribution is 8.00. The number of rotatable bonds is 6. The minimum Gasteiger partial charge on any atom is -0.479 e. The van der Waals surface area contributed by atoms with Gasteiger partial charge in [0, 0.05) is 17.8 Å². The van der Waals surface area contributed by atoms with Gasteiger partial charge in [-0.15, -0.1) is 0 Å². The van der Waals surface area contributed by atoms with Crippen molar-refractivity contribution in [3.05, 3.63) is 29.8 Å². The quantitative estimate of drug-likeness (QED) is 0.867. The summed E-state index contributed by atoms with van der Waals surface area (Å²) in [6.07, 6.45) is 2.64. The fourth-order valence-corrected chi connectivity index (χ4v) is 3.58. The maximum absolute atomic E-state index is 8.50. The van der Waals surface area contributed by atoms with Crippen LogP contribution in [0, 0.1) is 11.3 Å². The van der Waals surface area contributed by atoms with Crippen molar-refractivity contribution in [2.45, 2.75) is 31.1 Å². The molecule has 1 aromatic rings. The van der Waals surface area contributed by atoms with Crippen molar-refractivity contribution in [1.82, 2.24) is 5.32 Å². The first-order chi connectivity index (χ1) is 9.22. The molecular weight excluding hydrogens is 256 g/mol. The van der Waals surface area contributed by atoms with E-state index in [0.29, 0.717) is 4.75 Å². The van der Waals surface area contributed by atoms with Crippen LogP contribution in [0.5, 0.6) is 5.75 Å². The standard InChI is InChI=1S/C15H20N2OS/c1-15(6-3-9-19-15)12-17-11-13-4-2-5-14(10-13)18-8-7-16/h2,4-5,10,17H,3,6,8-9,11-12H2,1H3. The first kappa shape index (κ1) is 14.2. The lowest BCUT2D eigenvalue weighted by molar-refractivity contribution is 0.367. The van der Waals surface area contributed by atoms with Crippen molar-refractivity contribution in [1.29, 1.82) is 5.26 Å². The van der Waals surface area contributed by atoms with Gasteiger partial charge in [0.25, 0.3) is 0 Å². The van der Waals surface area contributed by atoms with Gasteiger partial charge in [-0.05, 0) is 43.2 Å². The Morgan fingerprint density at radius 1 is 1.53 bits per heavy atom. The predicted octanol–water partition coefficient (Wildman–Crippen LogP) is 2.96. The van der Waals surface area contributed by atoms with Crippen LogP contribution in [0.1, 0.15) is 25.3 Å². The van der Waals surface area contributed by atoms with Gasteiger partial charge in [0.1, 0.15) is 11.8 Å². The van der Waals surface area contributed by atoms with Gasteiger partial charge in [-0.25, -0.2) is 0 Å². The molecule has 0 saturated carbocycles. The number of ether oxygens (including phenoxy) is 1. The summed E-state index contributed by atoms with van der Waals surface area (Å²) in [6, 6.07) is 9.91. The molecule has 0 bridgehead atoms. The molecule has 19 heavy (non-hydrogen) atoms. The Kier molecular flexibility index (Phi) is 5.12. The van der Waals surface area contributed by atoms with Gasteiger partial charge in [-0.3, -0.25) is 0 Å². The van der Waals surface area contributed by atoms with Crippen LogP contribution in [0.2, 0.25) is 0 Å². The third-order valence-corrected chi connectivity index (χ3v) is 4.87. The molecule has 0 spiro atoms. The highest BCUT2D eigenvalue weighted by Gasteiger charge is 2.28. The van der Waals surface area contributed by atoms with Gasteiger partial charge in [-0.2, -0.15) is 17.0 Å². The van der Waals surface area contributed by atoms with E-state index >= 15 is 0 Å². The summed E-state index contributed by atoms with van der Waals surface area (Å²) in [5, 5.41) is 12.0. The molecule has 2 rings (SSSR count). The van der Waals surface area contributed by atoms with E-state index in [2.05, 4.69) is 30.1 Å². The van der Waals surface area contributed by atoms with Crippen LogP contribution >= 0.6 is 11.8 Å². The largest absolute Gasteiger partial charge is 0.479 e. The van der Waals surface area contributed by atoms with Crippen molar-refractivity contribution in [3.63, 3.8) is 0 Å². The Hall–Kier alpha value is -1.18. The van der Waals surface area contributed by atoms with Crippen LogP contribution in [-0.2, 0) is 6.54 Å². The van der Waals surface area contributed by atoms with E-state index in [1.54, 1.807) is 0 Å². The zero-order valence-corrected chi connectivity index (χ0v) is 12.1. The van der Waals surface area contributed by atoms with Crippen molar-refractivity contribution in [3.8, 4) is 11.8 Å². The van der Waals surface area contributed by atoms with E-state index in [-0.39, 0.29) is 6.61 Å². The Morgan fingerprint density at radius 3 is 3.16 bits per heavy atom. The third-order valence-electron chi connectivity index (χ3n) is 3.33. The maximum Gasteiger partial charge on any atom is 0.174 e. The molecule has 0 aliphatic carbocycles. The number of hydrogen-bond donors (Lipinski definition) is 1.